The van der Waals surface area contributed by atoms with Crippen molar-refractivity contribution in [1.82, 2.24) is 9.97 Å². The topological polar surface area (TPSA) is 90.1 Å². The van der Waals surface area contributed by atoms with Gasteiger partial charge in [0.25, 0.3) is 5.91 Å². The molecule has 3 rings (SSSR count). The molecule has 3 N–H and O–H groups in total. The second kappa shape index (κ2) is 8.39. The molecule has 0 bridgehead atoms. The third-order valence-electron chi connectivity index (χ3n) is 3.03. The van der Waals surface area contributed by atoms with E-state index in [4.69, 9.17) is 10.5 Å². The molecule has 0 saturated carbocycles. The zero-order valence-electron chi connectivity index (χ0n) is 12.9. The van der Waals surface area contributed by atoms with Gasteiger partial charge < -0.3 is 10.5 Å². The summed E-state index contributed by atoms with van der Waals surface area (Å²) in [4.78, 5) is 20.9. The van der Waals surface area contributed by atoms with Crippen LogP contribution in [0.3, 0.4) is 0 Å². The number of halogens is 1. The third kappa shape index (κ3) is 4.21. The maximum atomic E-state index is 12.2. The van der Waals surface area contributed by atoms with Gasteiger partial charge in [-0.1, -0.05) is 11.3 Å². The minimum Gasteiger partial charge on any atom is -0.494 e. The number of hydrogen-bond donors (Lipinski definition) is 2. The minimum atomic E-state index is -0.256. The fraction of sp³-hybridized carbons (Fsp3) is 0.267. The summed E-state index contributed by atoms with van der Waals surface area (Å²) in [6, 6.07) is 5.68. The highest BCUT2D eigenvalue weighted by molar-refractivity contribution is 7.22. The van der Waals surface area contributed by atoms with E-state index in [1.165, 1.54) is 22.7 Å². The van der Waals surface area contributed by atoms with Crippen LogP contribution in [0, 0.1) is 0 Å². The van der Waals surface area contributed by atoms with Crippen LogP contribution in [0.25, 0.3) is 10.2 Å². The lowest BCUT2D eigenvalue weighted by atomic mass is 10.3. The Morgan fingerprint density at radius 1 is 1.38 bits per heavy atom. The van der Waals surface area contributed by atoms with Crippen molar-refractivity contribution in [2.75, 3.05) is 18.5 Å². The van der Waals surface area contributed by atoms with Crippen LogP contribution in [0.1, 0.15) is 22.4 Å². The Balaban J connectivity index is 0.00000208. The molecule has 0 radical (unpaired) electrons. The Morgan fingerprint density at radius 3 is 2.96 bits per heavy atom. The van der Waals surface area contributed by atoms with Crippen molar-refractivity contribution < 1.29 is 9.53 Å². The first kappa shape index (κ1) is 18.6. The SMILES string of the molecule is CCOc1ccc2nc(NC(=O)c3csc(CCN)n3)sc2c1.Cl. The lowest BCUT2D eigenvalue weighted by molar-refractivity contribution is 0.102. The smallest absolute Gasteiger partial charge is 0.276 e. The van der Waals surface area contributed by atoms with Crippen LogP contribution >= 0.6 is 35.1 Å². The average Bonchev–Trinajstić information content (AvgIpc) is 3.14. The van der Waals surface area contributed by atoms with Gasteiger partial charge in [0.1, 0.15) is 11.4 Å². The molecule has 0 aliphatic heterocycles. The molecule has 6 nitrogen and oxygen atoms in total. The van der Waals surface area contributed by atoms with E-state index in [9.17, 15) is 4.79 Å². The first-order valence-electron chi connectivity index (χ1n) is 7.19. The molecule has 2 heterocycles. The Labute approximate surface area is 153 Å². The van der Waals surface area contributed by atoms with Crippen molar-refractivity contribution in [3.05, 3.63) is 34.3 Å². The number of amides is 1. The predicted molar refractivity (Wildman–Crippen MR) is 101 cm³/mol. The molecule has 0 atom stereocenters. The quantitative estimate of drug-likeness (QED) is 0.680. The first-order chi connectivity index (χ1) is 11.2. The molecule has 24 heavy (non-hydrogen) atoms. The fourth-order valence-electron chi connectivity index (χ4n) is 2.03. The van der Waals surface area contributed by atoms with Crippen LogP contribution in [0.2, 0.25) is 0 Å². The zero-order valence-corrected chi connectivity index (χ0v) is 15.4. The number of carbonyl (C=O) groups is 1. The highest BCUT2D eigenvalue weighted by atomic mass is 35.5. The largest absolute Gasteiger partial charge is 0.494 e. The molecule has 2 aromatic heterocycles. The molecule has 9 heteroatoms. The molecular weight excluding hydrogens is 368 g/mol. The van der Waals surface area contributed by atoms with Gasteiger partial charge in [-0.3, -0.25) is 10.1 Å². The highest BCUT2D eigenvalue weighted by Gasteiger charge is 2.13. The summed E-state index contributed by atoms with van der Waals surface area (Å²) < 4.78 is 6.44. The van der Waals surface area contributed by atoms with Crippen LogP contribution in [0.15, 0.2) is 23.6 Å². The van der Waals surface area contributed by atoms with E-state index < -0.39 is 0 Å². The lowest BCUT2D eigenvalue weighted by Gasteiger charge is -2.00. The van der Waals surface area contributed by atoms with Crippen molar-refractivity contribution in [2.24, 2.45) is 5.73 Å². The van der Waals surface area contributed by atoms with Crippen LogP contribution in [0.5, 0.6) is 5.75 Å². The molecule has 0 aliphatic carbocycles. The minimum absolute atomic E-state index is 0. The van der Waals surface area contributed by atoms with Crippen molar-refractivity contribution in [3.8, 4) is 5.75 Å². The maximum absolute atomic E-state index is 12.2. The van der Waals surface area contributed by atoms with Crippen LogP contribution in [0.4, 0.5) is 5.13 Å². The molecular formula is C15H17ClN4O2S2. The van der Waals surface area contributed by atoms with Crippen molar-refractivity contribution >= 4 is 56.3 Å². The van der Waals surface area contributed by atoms with Gasteiger partial charge in [0.05, 0.1) is 21.8 Å². The standard InChI is InChI=1S/C15H16N4O2S2.ClH/c1-2-21-9-3-4-10-12(7-9)23-15(18-10)19-14(20)11-8-22-13(17-11)5-6-16;/h3-4,7-8H,2,5-6,16H2,1H3,(H,18,19,20);1H. The predicted octanol–water partition coefficient (Wildman–Crippen LogP) is 3.33. The molecule has 0 spiro atoms. The van der Waals surface area contributed by atoms with Crippen LogP contribution in [-0.2, 0) is 6.42 Å². The summed E-state index contributed by atoms with van der Waals surface area (Å²) in [5.41, 5.74) is 6.72. The van der Waals surface area contributed by atoms with Gasteiger partial charge in [-0.2, -0.15) is 0 Å². The maximum Gasteiger partial charge on any atom is 0.276 e. The van der Waals surface area contributed by atoms with Crippen molar-refractivity contribution in [2.45, 2.75) is 13.3 Å². The van der Waals surface area contributed by atoms with Gasteiger partial charge in [0.2, 0.25) is 0 Å². The number of nitrogens with one attached hydrogen (secondary N) is 1. The summed E-state index contributed by atoms with van der Waals surface area (Å²) in [6.45, 7) is 3.08. The first-order valence-corrected chi connectivity index (χ1v) is 8.88. The molecule has 0 fully saturated rings. The van der Waals surface area contributed by atoms with E-state index in [-0.39, 0.29) is 18.3 Å². The molecule has 0 unspecified atom stereocenters. The number of hydrogen-bond acceptors (Lipinski definition) is 7. The molecule has 1 aromatic carbocycles. The number of rotatable bonds is 6. The third-order valence-corrected chi connectivity index (χ3v) is 4.88. The van der Waals surface area contributed by atoms with Gasteiger partial charge in [0, 0.05) is 11.8 Å². The number of ether oxygens (including phenoxy) is 1. The Morgan fingerprint density at radius 2 is 2.21 bits per heavy atom. The second-order valence-electron chi connectivity index (χ2n) is 4.70. The number of benzene rings is 1. The van der Waals surface area contributed by atoms with Crippen molar-refractivity contribution in [3.63, 3.8) is 0 Å². The van der Waals surface area contributed by atoms with Crippen LogP contribution < -0.4 is 15.8 Å². The summed E-state index contributed by atoms with van der Waals surface area (Å²) in [5, 5.41) is 5.94. The second-order valence-corrected chi connectivity index (χ2v) is 6.67. The molecule has 3 aromatic rings. The van der Waals surface area contributed by atoms with E-state index in [0.717, 1.165) is 21.0 Å². The number of aromatic nitrogens is 2. The molecule has 128 valence electrons. The summed E-state index contributed by atoms with van der Waals surface area (Å²) in [7, 11) is 0. The van der Waals surface area contributed by atoms with Gasteiger partial charge in [-0.25, -0.2) is 9.97 Å². The molecule has 0 aliphatic rings. The van der Waals surface area contributed by atoms with E-state index in [0.29, 0.717) is 30.4 Å². The molecule has 0 saturated heterocycles. The number of nitrogens with two attached hydrogens (primary N) is 1. The Kier molecular flexibility index (Phi) is 6.50. The van der Waals surface area contributed by atoms with E-state index >= 15 is 0 Å². The molecule has 1 amide bonds. The number of anilines is 1. The van der Waals surface area contributed by atoms with Gasteiger partial charge in [-0.05, 0) is 31.7 Å². The average molecular weight is 385 g/mol. The van der Waals surface area contributed by atoms with E-state index in [1.54, 1.807) is 5.38 Å². The van der Waals surface area contributed by atoms with E-state index in [1.807, 2.05) is 25.1 Å². The van der Waals surface area contributed by atoms with Crippen LogP contribution in [-0.4, -0.2) is 29.0 Å². The Bertz CT molecular complexity index is 834. The highest BCUT2D eigenvalue weighted by Crippen LogP contribution is 2.29. The monoisotopic (exact) mass is 384 g/mol. The van der Waals surface area contributed by atoms with E-state index in [2.05, 4.69) is 15.3 Å². The summed E-state index contributed by atoms with van der Waals surface area (Å²) in [5.74, 6) is 0.543. The number of nitrogens with zero attached hydrogens (tertiary/aromatic N) is 2. The number of fused-ring (bicyclic) bond motifs is 1. The number of thiazole rings is 2. The van der Waals surface area contributed by atoms with Crippen molar-refractivity contribution in [1.29, 1.82) is 0 Å². The summed E-state index contributed by atoms with van der Waals surface area (Å²) in [6.07, 6.45) is 0.680. The van der Waals surface area contributed by atoms with Gasteiger partial charge in [0.15, 0.2) is 5.13 Å². The van der Waals surface area contributed by atoms with Gasteiger partial charge >= 0.3 is 0 Å². The zero-order chi connectivity index (χ0) is 16.2. The normalized spacial score (nSPS) is 10.4. The van der Waals surface area contributed by atoms with Gasteiger partial charge in [-0.15, -0.1) is 23.7 Å². The Hall–Kier alpha value is -1.74. The fourth-order valence-corrected chi connectivity index (χ4v) is 3.71. The number of carbonyl (C=O) groups excluding carboxylic acids is 1. The summed E-state index contributed by atoms with van der Waals surface area (Å²) >= 11 is 2.85. The lowest BCUT2D eigenvalue weighted by Crippen LogP contribution is -2.12.